The number of hydrogen-bond donors (Lipinski definition) is 2. The van der Waals surface area contributed by atoms with E-state index in [0.29, 0.717) is 6.42 Å². The van der Waals surface area contributed by atoms with Gasteiger partial charge in [-0.2, -0.15) is 0 Å². The number of sulfone groups is 1. The molecule has 0 radical (unpaired) electrons. The Morgan fingerprint density at radius 2 is 2.06 bits per heavy atom. The zero-order chi connectivity index (χ0) is 12.3. The molecule has 0 bridgehead atoms. The lowest BCUT2D eigenvalue weighted by Crippen LogP contribution is -2.50. The lowest BCUT2D eigenvalue weighted by atomic mass is 10.0. The minimum absolute atomic E-state index is 0.0536. The van der Waals surface area contributed by atoms with Crippen molar-refractivity contribution in [3.8, 4) is 0 Å². The molecule has 94 valence electrons. The number of rotatable bonds is 4. The van der Waals surface area contributed by atoms with Crippen LogP contribution >= 0.6 is 0 Å². The van der Waals surface area contributed by atoms with Crippen LogP contribution in [0.25, 0.3) is 0 Å². The summed E-state index contributed by atoms with van der Waals surface area (Å²) in [6.45, 7) is 3.62. The molecule has 6 heteroatoms. The van der Waals surface area contributed by atoms with Crippen LogP contribution in [0.2, 0.25) is 0 Å². The van der Waals surface area contributed by atoms with E-state index in [4.69, 9.17) is 5.11 Å². The predicted molar refractivity (Wildman–Crippen MR) is 61.1 cm³/mol. The zero-order valence-electron chi connectivity index (χ0n) is 9.64. The molecule has 1 rings (SSSR count). The van der Waals surface area contributed by atoms with Crippen molar-refractivity contribution in [1.82, 2.24) is 5.32 Å². The first-order valence-corrected chi connectivity index (χ1v) is 7.33. The smallest absolute Gasteiger partial charge is 0.320 e. The molecule has 16 heavy (non-hydrogen) atoms. The Kier molecular flexibility index (Phi) is 4.32. The monoisotopic (exact) mass is 249 g/mol. The summed E-state index contributed by atoms with van der Waals surface area (Å²) in [5.41, 5.74) is 0. The lowest BCUT2D eigenvalue weighted by molar-refractivity contribution is -0.140. The third-order valence-electron chi connectivity index (χ3n) is 2.81. The van der Waals surface area contributed by atoms with E-state index >= 15 is 0 Å². The number of carboxylic acids is 1. The van der Waals surface area contributed by atoms with Gasteiger partial charge in [-0.1, -0.05) is 13.8 Å². The van der Waals surface area contributed by atoms with Gasteiger partial charge in [0.2, 0.25) is 0 Å². The van der Waals surface area contributed by atoms with Crippen molar-refractivity contribution in [1.29, 1.82) is 0 Å². The van der Waals surface area contributed by atoms with Gasteiger partial charge in [0, 0.05) is 6.04 Å². The van der Waals surface area contributed by atoms with Gasteiger partial charge in [0.05, 0.1) is 11.5 Å². The lowest BCUT2D eigenvalue weighted by Gasteiger charge is -2.28. The Balaban J connectivity index is 2.62. The van der Waals surface area contributed by atoms with Crippen LogP contribution < -0.4 is 5.32 Å². The van der Waals surface area contributed by atoms with E-state index in [-0.39, 0.29) is 23.5 Å². The Bertz CT molecular complexity index is 350. The SMILES string of the molecule is CC(C)C(NC1CCCS(=O)(=O)C1)C(=O)O. The van der Waals surface area contributed by atoms with Crippen molar-refractivity contribution < 1.29 is 18.3 Å². The molecule has 0 saturated carbocycles. The van der Waals surface area contributed by atoms with Crippen molar-refractivity contribution in [3.05, 3.63) is 0 Å². The summed E-state index contributed by atoms with van der Waals surface area (Å²) in [6.07, 6.45) is 1.35. The summed E-state index contributed by atoms with van der Waals surface area (Å²) >= 11 is 0. The van der Waals surface area contributed by atoms with Crippen molar-refractivity contribution in [2.45, 2.75) is 38.8 Å². The molecule has 0 aromatic heterocycles. The van der Waals surface area contributed by atoms with Gasteiger partial charge in [-0.15, -0.1) is 0 Å². The molecule has 5 nitrogen and oxygen atoms in total. The molecule has 0 aromatic rings. The molecule has 2 N–H and O–H groups in total. The fourth-order valence-corrected chi connectivity index (χ4v) is 3.61. The zero-order valence-corrected chi connectivity index (χ0v) is 10.5. The highest BCUT2D eigenvalue weighted by Gasteiger charge is 2.30. The molecule has 0 aliphatic carbocycles. The molecule has 0 amide bonds. The van der Waals surface area contributed by atoms with Crippen LogP contribution in [0.4, 0.5) is 0 Å². The van der Waals surface area contributed by atoms with Crippen molar-refractivity contribution in [3.63, 3.8) is 0 Å². The van der Waals surface area contributed by atoms with Crippen LogP contribution in [0, 0.1) is 5.92 Å². The fourth-order valence-electron chi connectivity index (χ4n) is 1.96. The average Bonchev–Trinajstić information content (AvgIpc) is 2.11. The largest absolute Gasteiger partial charge is 0.480 e. The van der Waals surface area contributed by atoms with E-state index in [0.717, 1.165) is 6.42 Å². The molecule has 1 aliphatic heterocycles. The Morgan fingerprint density at radius 1 is 1.44 bits per heavy atom. The average molecular weight is 249 g/mol. The molecular formula is C10H19NO4S. The predicted octanol–water partition coefficient (Wildman–Crippen LogP) is 0.262. The molecule has 0 spiro atoms. The van der Waals surface area contributed by atoms with Gasteiger partial charge in [0.15, 0.2) is 9.84 Å². The van der Waals surface area contributed by atoms with E-state index in [1.54, 1.807) is 0 Å². The van der Waals surface area contributed by atoms with E-state index in [9.17, 15) is 13.2 Å². The van der Waals surface area contributed by atoms with Crippen LogP contribution in [0.3, 0.4) is 0 Å². The van der Waals surface area contributed by atoms with Gasteiger partial charge < -0.3 is 10.4 Å². The molecular weight excluding hydrogens is 230 g/mol. The van der Waals surface area contributed by atoms with Crippen molar-refractivity contribution in [2.75, 3.05) is 11.5 Å². The van der Waals surface area contributed by atoms with Gasteiger partial charge in [-0.05, 0) is 18.8 Å². The Labute approximate surface area is 96.1 Å². The second-order valence-electron chi connectivity index (χ2n) is 4.68. The standard InChI is InChI=1S/C10H19NO4S/c1-7(2)9(10(12)13)11-8-4-3-5-16(14,15)6-8/h7-9,11H,3-6H2,1-2H3,(H,12,13). The van der Waals surface area contributed by atoms with E-state index in [2.05, 4.69) is 5.32 Å². The van der Waals surface area contributed by atoms with Gasteiger partial charge >= 0.3 is 5.97 Å². The van der Waals surface area contributed by atoms with Crippen molar-refractivity contribution in [2.24, 2.45) is 5.92 Å². The fraction of sp³-hybridized carbons (Fsp3) is 0.900. The number of carbonyl (C=O) groups is 1. The summed E-state index contributed by atoms with van der Waals surface area (Å²) in [5.74, 6) is -0.686. The third kappa shape index (κ3) is 3.75. The normalized spacial score (nSPS) is 26.6. The molecule has 1 saturated heterocycles. The van der Waals surface area contributed by atoms with Gasteiger partial charge in [-0.3, -0.25) is 4.79 Å². The maximum Gasteiger partial charge on any atom is 0.320 e. The van der Waals surface area contributed by atoms with Gasteiger partial charge in [-0.25, -0.2) is 8.42 Å². The molecule has 1 heterocycles. The number of hydrogen-bond acceptors (Lipinski definition) is 4. The van der Waals surface area contributed by atoms with Crippen LogP contribution in [-0.4, -0.2) is 43.1 Å². The molecule has 2 atom stereocenters. The van der Waals surface area contributed by atoms with E-state index in [1.807, 2.05) is 13.8 Å². The number of aliphatic carboxylic acids is 1. The first kappa shape index (κ1) is 13.4. The highest BCUT2D eigenvalue weighted by molar-refractivity contribution is 7.91. The molecule has 1 fully saturated rings. The number of nitrogens with one attached hydrogen (secondary N) is 1. The molecule has 0 aromatic carbocycles. The summed E-state index contributed by atoms with van der Waals surface area (Å²) in [6, 6.07) is -0.888. The summed E-state index contributed by atoms with van der Waals surface area (Å²) < 4.78 is 22.8. The van der Waals surface area contributed by atoms with E-state index in [1.165, 1.54) is 0 Å². The van der Waals surface area contributed by atoms with Gasteiger partial charge in [0.1, 0.15) is 6.04 Å². The maximum absolute atomic E-state index is 11.4. The second-order valence-corrected chi connectivity index (χ2v) is 6.91. The summed E-state index contributed by atoms with van der Waals surface area (Å²) in [5, 5.41) is 11.9. The Morgan fingerprint density at radius 3 is 2.50 bits per heavy atom. The van der Waals surface area contributed by atoms with E-state index < -0.39 is 21.8 Å². The van der Waals surface area contributed by atoms with Crippen LogP contribution in [0.15, 0.2) is 0 Å². The molecule has 1 aliphatic rings. The maximum atomic E-state index is 11.4. The van der Waals surface area contributed by atoms with Crippen molar-refractivity contribution >= 4 is 15.8 Å². The summed E-state index contributed by atoms with van der Waals surface area (Å²) in [7, 11) is -2.98. The van der Waals surface area contributed by atoms with Crippen LogP contribution in [-0.2, 0) is 14.6 Å². The highest BCUT2D eigenvalue weighted by atomic mass is 32.2. The number of carboxylic acid groups (broad SMARTS) is 1. The quantitative estimate of drug-likeness (QED) is 0.747. The highest BCUT2D eigenvalue weighted by Crippen LogP contribution is 2.14. The van der Waals surface area contributed by atoms with Crippen LogP contribution in [0.1, 0.15) is 26.7 Å². The van der Waals surface area contributed by atoms with Crippen LogP contribution in [0.5, 0.6) is 0 Å². The minimum atomic E-state index is -2.98. The summed E-state index contributed by atoms with van der Waals surface area (Å²) in [4.78, 5) is 11.0. The third-order valence-corrected chi connectivity index (χ3v) is 4.63. The second kappa shape index (κ2) is 5.14. The first-order valence-electron chi connectivity index (χ1n) is 5.51. The topological polar surface area (TPSA) is 83.5 Å². The Hall–Kier alpha value is -0.620. The molecule has 2 unspecified atom stereocenters. The first-order chi connectivity index (χ1) is 7.32. The van der Waals surface area contributed by atoms with Gasteiger partial charge in [0.25, 0.3) is 0 Å². The minimum Gasteiger partial charge on any atom is -0.480 e.